The van der Waals surface area contributed by atoms with Gasteiger partial charge in [-0.05, 0) is 18.2 Å². The molecule has 0 radical (unpaired) electrons. The van der Waals surface area contributed by atoms with Crippen LogP contribution in [0.1, 0.15) is 31.3 Å². The number of benzene rings is 1. The molecule has 0 amide bonds. The molecule has 2 aromatic rings. The lowest BCUT2D eigenvalue weighted by Gasteiger charge is -2.34. The van der Waals surface area contributed by atoms with E-state index in [0.717, 1.165) is 5.69 Å². The molecule has 1 aliphatic rings. The fourth-order valence-electron chi connectivity index (χ4n) is 3.48. The number of nitrogens with zero attached hydrogens (tertiary/aromatic N) is 4. The highest BCUT2D eigenvalue weighted by molar-refractivity contribution is 7.86. The largest absolute Gasteiger partial charge is 0.493 e. The van der Waals surface area contributed by atoms with Gasteiger partial charge in [-0.15, -0.1) is 0 Å². The van der Waals surface area contributed by atoms with E-state index in [1.165, 1.54) is 20.7 Å². The van der Waals surface area contributed by atoms with E-state index in [4.69, 9.17) is 9.47 Å². The maximum atomic E-state index is 13.2. The highest BCUT2D eigenvalue weighted by Gasteiger charge is 2.34. The minimum absolute atomic E-state index is 0.231. The van der Waals surface area contributed by atoms with E-state index >= 15 is 0 Å². The van der Waals surface area contributed by atoms with Gasteiger partial charge in [-0.2, -0.15) is 22.1 Å². The van der Waals surface area contributed by atoms with E-state index < -0.39 is 16.3 Å². The van der Waals surface area contributed by atoms with Crippen molar-refractivity contribution in [1.82, 2.24) is 18.4 Å². The Hall–Kier alpha value is -2.01. The van der Waals surface area contributed by atoms with E-state index in [2.05, 4.69) is 5.10 Å². The van der Waals surface area contributed by atoms with Crippen molar-refractivity contribution in [1.29, 1.82) is 0 Å². The first-order valence-electron chi connectivity index (χ1n) is 10.1. The summed E-state index contributed by atoms with van der Waals surface area (Å²) in [6.45, 7) is 5.77. The zero-order valence-electron chi connectivity index (χ0n) is 17.6. The summed E-state index contributed by atoms with van der Waals surface area (Å²) in [5.41, 5.74) is 1.62. The van der Waals surface area contributed by atoms with Gasteiger partial charge in [-0.1, -0.05) is 19.9 Å². The number of hydrogen-bond acceptors (Lipinski definition) is 5. The van der Waals surface area contributed by atoms with Gasteiger partial charge in [0, 0.05) is 51.4 Å². The summed E-state index contributed by atoms with van der Waals surface area (Å²) in [4.78, 5) is 0. The molecule has 8 nitrogen and oxygen atoms in total. The molecule has 0 unspecified atom stereocenters. The molecule has 0 spiro atoms. The quantitative estimate of drug-likeness (QED) is 0.597. The Morgan fingerprint density at radius 1 is 1.30 bits per heavy atom. The number of rotatable bonds is 9. The van der Waals surface area contributed by atoms with E-state index in [-0.39, 0.29) is 12.4 Å². The fourth-order valence-corrected chi connectivity index (χ4v) is 5.09. The molecule has 1 saturated heterocycles. The highest BCUT2D eigenvalue weighted by Crippen LogP contribution is 2.25. The average molecular weight is 441 g/mol. The van der Waals surface area contributed by atoms with Crippen LogP contribution >= 0.6 is 0 Å². The van der Waals surface area contributed by atoms with Crippen molar-refractivity contribution >= 4 is 10.2 Å². The molecule has 2 heterocycles. The van der Waals surface area contributed by atoms with Crippen LogP contribution in [0.15, 0.2) is 30.3 Å². The summed E-state index contributed by atoms with van der Waals surface area (Å²) in [5.74, 6) is 0.138. The molecule has 1 aliphatic heterocycles. The van der Waals surface area contributed by atoms with E-state index in [1.807, 2.05) is 27.0 Å². The smallest absolute Gasteiger partial charge is 0.282 e. The van der Waals surface area contributed by atoms with Gasteiger partial charge in [0.25, 0.3) is 10.2 Å². The number of halogens is 1. The van der Waals surface area contributed by atoms with Crippen molar-refractivity contribution in [2.45, 2.75) is 26.4 Å². The van der Waals surface area contributed by atoms with E-state index in [1.54, 1.807) is 16.8 Å². The average Bonchev–Trinajstić information content (AvgIpc) is 3.09. The SMILES string of the molecule is CCN(CC)S(=O)(=O)N1CCO[C@@H](c2cc(CCOc3cccc(F)c3)n(C)n2)C1. The van der Waals surface area contributed by atoms with E-state index in [0.29, 0.717) is 50.7 Å². The van der Waals surface area contributed by atoms with E-state index in [9.17, 15) is 12.8 Å². The molecule has 166 valence electrons. The maximum absolute atomic E-state index is 13.2. The van der Waals surface area contributed by atoms with Crippen molar-refractivity contribution in [3.05, 3.63) is 47.5 Å². The van der Waals surface area contributed by atoms with Gasteiger partial charge in [0.1, 0.15) is 17.7 Å². The van der Waals surface area contributed by atoms with Crippen molar-refractivity contribution in [2.24, 2.45) is 7.05 Å². The summed E-state index contributed by atoms with van der Waals surface area (Å²) in [6, 6.07) is 7.93. The molecule has 1 fully saturated rings. The second-order valence-corrected chi connectivity index (χ2v) is 8.98. The Morgan fingerprint density at radius 2 is 2.07 bits per heavy atom. The lowest BCUT2D eigenvalue weighted by Crippen LogP contribution is -2.49. The molecule has 0 N–H and O–H groups in total. The third kappa shape index (κ3) is 5.18. The van der Waals surface area contributed by atoms with Crippen LogP contribution in [0.25, 0.3) is 0 Å². The highest BCUT2D eigenvalue weighted by atomic mass is 32.2. The zero-order valence-corrected chi connectivity index (χ0v) is 18.4. The van der Waals surface area contributed by atoms with Crippen molar-refractivity contribution in [2.75, 3.05) is 39.4 Å². The first-order chi connectivity index (χ1) is 14.3. The second kappa shape index (κ2) is 9.86. The van der Waals surface area contributed by atoms with Crippen molar-refractivity contribution in [3.8, 4) is 5.75 Å². The predicted molar refractivity (Wildman–Crippen MR) is 111 cm³/mol. The predicted octanol–water partition coefficient (Wildman–Crippen LogP) is 2.14. The van der Waals surface area contributed by atoms with Crippen LogP contribution < -0.4 is 4.74 Å². The summed E-state index contributed by atoms with van der Waals surface area (Å²) < 4.78 is 55.0. The standard InChI is InChI=1S/C20H29FN4O4S/c1-4-24(5-2)30(26,27)25-10-12-29-20(15-25)19-14-17(23(3)22-19)9-11-28-18-8-6-7-16(21)13-18/h6-8,13-14,20H,4-5,9-12,15H2,1-3H3/t20-/m1/s1. The molecule has 1 aromatic carbocycles. The molecule has 30 heavy (non-hydrogen) atoms. The van der Waals surface area contributed by atoms with Crippen LogP contribution in [0.5, 0.6) is 5.75 Å². The zero-order chi connectivity index (χ0) is 21.7. The Balaban J connectivity index is 1.64. The molecular formula is C20H29FN4O4S. The summed E-state index contributed by atoms with van der Waals surface area (Å²) in [5, 5.41) is 4.52. The van der Waals surface area contributed by atoms with Crippen LogP contribution in [0.4, 0.5) is 4.39 Å². The van der Waals surface area contributed by atoms with Gasteiger partial charge < -0.3 is 9.47 Å². The van der Waals surface area contributed by atoms with Gasteiger partial charge in [0.15, 0.2) is 0 Å². The third-order valence-corrected chi connectivity index (χ3v) is 7.29. The van der Waals surface area contributed by atoms with Crippen LogP contribution in [0, 0.1) is 5.82 Å². The molecule has 3 rings (SSSR count). The number of aromatic nitrogens is 2. The molecule has 1 atom stereocenters. The molecule has 0 bridgehead atoms. The van der Waals surface area contributed by atoms with Crippen LogP contribution in [-0.2, 0) is 28.4 Å². The first-order valence-corrected chi connectivity index (χ1v) is 11.5. The first kappa shape index (κ1) is 22.7. The fraction of sp³-hybridized carbons (Fsp3) is 0.550. The Morgan fingerprint density at radius 3 is 2.77 bits per heavy atom. The monoisotopic (exact) mass is 440 g/mol. The minimum atomic E-state index is -3.52. The summed E-state index contributed by atoms with van der Waals surface area (Å²) in [6.07, 6.45) is 0.155. The van der Waals surface area contributed by atoms with Crippen LogP contribution in [-0.4, -0.2) is 66.2 Å². The van der Waals surface area contributed by atoms with Gasteiger partial charge in [0.05, 0.1) is 18.9 Å². The summed E-state index contributed by atoms with van der Waals surface area (Å²) in [7, 11) is -1.69. The molecular weight excluding hydrogens is 411 g/mol. The van der Waals surface area contributed by atoms with Gasteiger partial charge >= 0.3 is 0 Å². The van der Waals surface area contributed by atoms with Gasteiger partial charge in [0.2, 0.25) is 0 Å². The molecule has 1 aromatic heterocycles. The van der Waals surface area contributed by atoms with Crippen LogP contribution in [0.3, 0.4) is 0 Å². The van der Waals surface area contributed by atoms with Crippen molar-refractivity contribution in [3.63, 3.8) is 0 Å². The Kier molecular flexibility index (Phi) is 7.45. The van der Waals surface area contributed by atoms with Crippen molar-refractivity contribution < 1.29 is 22.3 Å². The number of ether oxygens (including phenoxy) is 2. The topological polar surface area (TPSA) is 76.9 Å². The molecule has 10 heteroatoms. The van der Waals surface area contributed by atoms with Gasteiger partial charge in [-0.3, -0.25) is 4.68 Å². The summed E-state index contributed by atoms with van der Waals surface area (Å²) >= 11 is 0. The Bertz CT molecular complexity index is 946. The number of morpholine rings is 1. The second-order valence-electron chi connectivity index (χ2n) is 7.05. The third-order valence-electron chi connectivity index (χ3n) is 5.14. The lowest BCUT2D eigenvalue weighted by atomic mass is 10.2. The maximum Gasteiger partial charge on any atom is 0.282 e. The van der Waals surface area contributed by atoms with Crippen LogP contribution in [0.2, 0.25) is 0 Å². The molecule has 0 aliphatic carbocycles. The Labute approximate surface area is 177 Å². The lowest BCUT2D eigenvalue weighted by molar-refractivity contribution is -0.00684. The molecule has 0 saturated carbocycles. The normalized spacial score (nSPS) is 18.1. The van der Waals surface area contributed by atoms with Gasteiger partial charge in [-0.25, -0.2) is 4.39 Å². The minimum Gasteiger partial charge on any atom is -0.493 e. The number of hydrogen-bond donors (Lipinski definition) is 0. The number of aryl methyl sites for hydroxylation is 1.